The molecule has 0 aromatic carbocycles. The van der Waals surface area contributed by atoms with Crippen molar-refractivity contribution in [1.29, 1.82) is 0 Å². The predicted molar refractivity (Wildman–Crippen MR) is 54.5 cm³/mol. The zero-order chi connectivity index (χ0) is 9.61. The van der Waals surface area contributed by atoms with Gasteiger partial charge in [0.25, 0.3) is 0 Å². The normalized spacial score (nSPS) is 12.1. The second kappa shape index (κ2) is 4.89. The lowest BCUT2D eigenvalue weighted by Crippen LogP contribution is -2.17. The quantitative estimate of drug-likeness (QED) is 0.520. The molecule has 0 heteroatoms. The van der Waals surface area contributed by atoms with Crippen molar-refractivity contribution in [3.05, 3.63) is 0 Å². The van der Waals surface area contributed by atoms with Crippen molar-refractivity contribution in [3.63, 3.8) is 0 Å². The molecule has 0 rings (SSSR count). The van der Waals surface area contributed by atoms with E-state index in [1.807, 2.05) is 6.92 Å². The molecule has 0 aromatic heterocycles. The van der Waals surface area contributed by atoms with Gasteiger partial charge in [0.1, 0.15) is 0 Å². The molecule has 0 aliphatic rings. The highest BCUT2D eigenvalue weighted by molar-refractivity contribution is 5.16. The lowest BCUT2D eigenvalue weighted by molar-refractivity contribution is 0.398. The predicted octanol–water partition coefficient (Wildman–Crippen LogP) is 3.09. The first-order valence-corrected chi connectivity index (χ1v) is 4.47. The van der Waals surface area contributed by atoms with Crippen LogP contribution in [0.4, 0.5) is 0 Å². The Kier molecular flexibility index (Phi) is 4.53. The van der Waals surface area contributed by atoms with E-state index < -0.39 is 0 Å². The summed E-state index contributed by atoms with van der Waals surface area (Å²) in [5.74, 6) is 12.8. The molecular weight excluding hydrogens is 144 g/mol. The topological polar surface area (TPSA) is 0 Å². The fourth-order valence-corrected chi connectivity index (χ4v) is 0.866. The summed E-state index contributed by atoms with van der Waals surface area (Å²) < 4.78 is 0. The molecule has 1 unspecified atom stereocenters. The van der Waals surface area contributed by atoms with Crippen molar-refractivity contribution in [2.45, 2.75) is 41.0 Å². The lowest BCUT2D eigenvalue weighted by Gasteiger charge is -2.21. The Labute approximate surface area is 76.8 Å². The molecule has 0 fully saturated rings. The van der Waals surface area contributed by atoms with E-state index in [1.54, 1.807) is 0 Å². The van der Waals surface area contributed by atoms with Crippen LogP contribution in [-0.4, -0.2) is 0 Å². The smallest absolute Gasteiger partial charge is 0.0392 e. The van der Waals surface area contributed by atoms with Crippen molar-refractivity contribution in [3.8, 4) is 23.7 Å². The van der Waals surface area contributed by atoms with Crippen molar-refractivity contribution in [1.82, 2.24) is 0 Å². The summed E-state index contributed by atoms with van der Waals surface area (Å²) in [6.07, 6.45) is 0.931. The summed E-state index contributed by atoms with van der Waals surface area (Å²) in [4.78, 5) is 0. The summed E-state index contributed by atoms with van der Waals surface area (Å²) in [7, 11) is 0. The molecule has 0 saturated heterocycles. The van der Waals surface area contributed by atoms with Crippen LogP contribution in [0.1, 0.15) is 41.0 Å². The van der Waals surface area contributed by atoms with Gasteiger partial charge in [-0.15, -0.1) is 11.8 Å². The molecule has 1 atom stereocenters. The second-order valence-corrected chi connectivity index (χ2v) is 3.49. The summed E-state index contributed by atoms with van der Waals surface area (Å²) in [5, 5.41) is 0. The van der Waals surface area contributed by atoms with E-state index in [4.69, 9.17) is 0 Å². The van der Waals surface area contributed by atoms with Gasteiger partial charge in [0.2, 0.25) is 0 Å². The van der Waals surface area contributed by atoms with E-state index in [0.717, 1.165) is 6.42 Å². The van der Waals surface area contributed by atoms with Gasteiger partial charge >= 0.3 is 0 Å². The summed E-state index contributed by atoms with van der Waals surface area (Å²) >= 11 is 0. The maximum absolute atomic E-state index is 3.20. The van der Waals surface area contributed by atoms with Gasteiger partial charge in [-0.2, -0.15) is 0 Å². The standard InChI is InChI=1S/C12H18/c1-6-8-9-11(3)12(4,5)10-7-2/h11H,6H2,1-5H3. The summed E-state index contributed by atoms with van der Waals surface area (Å²) in [5.41, 5.74) is 0.0247. The van der Waals surface area contributed by atoms with Gasteiger partial charge in [0.15, 0.2) is 0 Å². The minimum atomic E-state index is 0.0247. The van der Waals surface area contributed by atoms with Gasteiger partial charge in [0, 0.05) is 17.8 Å². The first kappa shape index (κ1) is 11.1. The SMILES string of the molecule is CC#CC(C)(C)C(C)C#CCC. The van der Waals surface area contributed by atoms with Crippen LogP contribution < -0.4 is 0 Å². The largest absolute Gasteiger partial charge is 0.106 e. The third-order valence-electron chi connectivity index (χ3n) is 2.03. The zero-order valence-electron chi connectivity index (χ0n) is 8.78. The van der Waals surface area contributed by atoms with Crippen LogP contribution in [0.3, 0.4) is 0 Å². The minimum absolute atomic E-state index is 0.0247. The summed E-state index contributed by atoms with van der Waals surface area (Å²) in [6, 6.07) is 0. The third kappa shape index (κ3) is 3.49. The van der Waals surface area contributed by atoms with E-state index in [9.17, 15) is 0 Å². The molecule has 66 valence electrons. The van der Waals surface area contributed by atoms with Gasteiger partial charge in [-0.05, 0) is 27.7 Å². The number of hydrogen-bond donors (Lipinski definition) is 0. The highest BCUT2D eigenvalue weighted by atomic mass is 14.2. The molecule has 0 amide bonds. The van der Waals surface area contributed by atoms with Crippen LogP contribution in [0.25, 0.3) is 0 Å². The van der Waals surface area contributed by atoms with Gasteiger partial charge in [-0.3, -0.25) is 0 Å². The molecule has 12 heavy (non-hydrogen) atoms. The molecule has 0 aliphatic heterocycles. The molecule has 0 heterocycles. The molecule has 0 N–H and O–H groups in total. The van der Waals surface area contributed by atoms with E-state index in [1.165, 1.54) is 0 Å². The number of hydrogen-bond acceptors (Lipinski definition) is 0. The Morgan fingerprint density at radius 1 is 1.33 bits per heavy atom. The molecule has 0 nitrogen and oxygen atoms in total. The van der Waals surface area contributed by atoms with E-state index >= 15 is 0 Å². The second-order valence-electron chi connectivity index (χ2n) is 3.49. The minimum Gasteiger partial charge on any atom is -0.106 e. The third-order valence-corrected chi connectivity index (χ3v) is 2.03. The Morgan fingerprint density at radius 2 is 1.92 bits per heavy atom. The van der Waals surface area contributed by atoms with Crippen molar-refractivity contribution >= 4 is 0 Å². The Bertz CT molecular complexity index is 237. The average molecular weight is 162 g/mol. The van der Waals surface area contributed by atoms with Crippen molar-refractivity contribution in [2.24, 2.45) is 11.3 Å². The Hall–Kier alpha value is -0.880. The molecule has 0 radical (unpaired) electrons. The first-order chi connectivity index (χ1) is 5.54. The first-order valence-electron chi connectivity index (χ1n) is 4.47. The fraction of sp³-hybridized carbons (Fsp3) is 0.667. The van der Waals surface area contributed by atoms with Gasteiger partial charge in [0.05, 0.1) is 0 Å². The van der Waals surface area contributed by atoms with Crippen molar-refractivity contribution < 1.29 is 0 Å². The molecule has 0 saturated carbocycles. The molecule has 0 spiro atoms. The molecule has 0 bridgehead atoms. The average Bonchev–Trinajstić information content (AvgIpc) is 2.00. The van der Waals surface area contributed by atoms with Crippen LogP contribution in [0.5, 0.6) is 0 Å². The Morgan fingerprint density at radius 3 is 2.33 bits per heavy atom. The Balaban J connectivity index is 4.41. The van der Waals surface area contributed by atoms with E-state index in [0.29, 0.717) is 5.92 Å². The molecule has 0 aromatic rings. The maximum atomic E-state index is 3.20. The van der Waals surface area contributed by atoms with Gasteiger partial charge < -0.3 is 0 Å². The van der Waals surface area contributed by atoms with Crippen LogP contribution in [0.2, 0.25) is 0 Å². The maximum Gasteiger partial charge on any atom is 0.0392 e. The zero-order valence-corrected chi connectivity index (χ0v) is 8.78. The fourth-order valence-electron chi connectivity index (χ4n) is 0.866. The summed E-state index contributed by atoms with van der Waals surface area (Å²) in [6.45, 7) is 10.4. The van der Waals surface area contributed by atoms with Crippen LogP contribution in [0.15, 0.2) is 0 Å². The monoisotopic (exact) mass is 162 g/mol. The van der Waals surface area contributed by atoms with E-state index in [2.05, 4.69) is 51.4 Å². The van der Waals surface area contributed by atoms with Crippen LogP contribution in [0, 0.1) is 35.0 Å². The van der Waals surface area contributed by atoms with Crippen LogP contribution in [-0.2, 0) is 0 Å². The van der Waals surface area contributed by atoms with Crippen molar-refractivity contribution in [2.75, 3.05) is 0 Å². The van der Waals surface area contributed by atoms with Gasteiger partial charge in [-0.1, -0.05) is 18.8 Å². The highest BCUT2D eigenvalue weighted by Gasteiger charge is 2.21. The van der Waals surface area contributed by atoms with Crippen LogP contribution >= 0.6 is 0 Å². The lowest BCUT2D eigenvalue weighted by atomic mass is 9.81. The number of rotatable bonds is 1. The molecule has 0 aliphatic carbocycles. The molecular formula is C12H18. The van der Waals surface area contributed by atoms with Gasteiger partial charge in [-0.25, -0.2) is 0 Å². The van der Waals surface area contributed by atoms with E-state index in [-0.39, 0.29) is 5.41 Å². The highest BCUT2D eigenvalue weighted by Crippen LogP contribution is 2.24.